The number of halogens is 2. The average molecular weight is 153 g/mol. The van der Waals surface area contributed by atoms with Gasteiger partial charge in [0.1, 0.15) is 6.10 Å². The summed E-state index contributed by atoms with van der Waals surface area (Å²) < 4.78 is 0. The van der Waals surface area contributed by atoms with Crippen molar-refractivity contribution in [2.24, 2.45) is 0 Å². The van der Waals surface area contributed by atoms with Crippen molar-refractivity contribution in [3.63, 3.8) is 0 Å². The lowest BCUT2D eigenvalue weighted by atomic mass is 10.3. The van der Waals surface area contributed by atoms with Crippen LogP contribution in [-0.2, 0) is 0 Å². The van der Waals surface area contributed by atoms with Crippen molar-refractivity contribution in [2.45, 2.75) is 11.5 Å². The third kappa shape index (κ3) is 2.42. The predicted molar refractivity (Wildman–Crippen MR) is 35.2 cm³/mol. The van der Waals surface area contributed by atoms with Gasteiger partial charge in [0.25, 0.3) is 0 Å². The summed E-state index contributed by atoms with van der Waals surface area (Å²) in [6, 6.07) is 0. The minimum absolute atomic E-state index is 0.174. The Balaban J connectivity index is 3.49. The van der Waals surface area contributed by atoms with E-state index in [4.69, 9.17) is 34.7 Å². The van der Waals surface area contributed by atoms with Crippen LogP contribution in [0.4, 0.5) is 0 Å². The van der Waals surface area contributed by atoms with E-state index in [0.29, 0.717) is 0 Å². The predicted octanol–water partition coefficient (Wildman–Crippen LogP) is 0.827. The smallest absolute Gasteiger partial charge is 0.131 e. The van der Waals surface area contributed by atoms with Gasteiger partial charge < -0.3 is 5.11 Å². The number of aliphatic hydroxyl groups excluding tert-OH is 1. The summed E-state index contributed by atoms with van der Waals surface area (Å²) >= 11 is 10.6. The highest BCUT2D eigenvalue weighted by Crippen LogP contribution is 2.02. The van der Waals surface area contributed by atoms with Crippen LogP contribution < -0.4 is 0 Å². The molecule has 0 spiro atoms. The van der Waals surface area contributed by atoms with Crippen molar-refractivity contribution in [2.75, 3.05) is 5.88 Å². The van der Waals surface area contributed by atoms with Crippen LogP contribution in [0.3, 0.4) is 0 Å². The minimum atomic E-state index is -0.922. The number of rotatable bonds is 2. The molecule has 0 aliphatic carbocycles. The molecule has 0 heterocycles. The molecule has 8 heavy (non-hydrogen) atoms. The monoisotopic (exact) mass is 152 g/mol. The summed E-state index contributed by atoms with van der Waals surface area (Å²) in [7, 11) is 0. The summed E-state index contributed by atoms with van der Waals surface area (Å²) in [6.07, 6.45) is 3.88. The van der Waals surface area contributed by atoms with Crippen molar-refractivity contribution in [1.29, 1.82) is 0 Å². The fourth-order valence-corrected chi connectivity index (χ4v) is 0.430. The molecule has 0 aromatic carbocycles. The van der Waals surface area contributed by atoms with E-state index in [0.717, 1.165) is 0 Å². The van der Waals surface area contributed by atoms with Crippen molar-refractivity contribution >= 4 is 23.2 Å². The Hall–Kier alpha value is 0.100. The maximum Gasteiger partial charge on any atom is 0.131 e. The Morgan fingerprint density at radius 3 is 2.38 bits per heavy atom. The van der Waals surface area contributed by atoms with Crippen molar-refractivity contribution in [3.8, 4) is 12.3 Å². The van der Waals surface area contributed by atoms with Crippen LogP contribution in [0, 0.1) is 12.3 Å². The third-order valence-electron chi connectivity index (χ3n) is 0.661. The van der Waals surface area contributed by atoms with E-state index in [2.05, 4.69) is 5.92 Å². The van der Waals surface area contributed by atoms with Crippen LogP contribution in [0.2, 0.25) is 0 Å². The highest BCUT2D eigenvalue weighted by molar-refractivity contribution is 6.28. The summed E-state index contributed by atoms with van der Waals surface area (Å²) in [5.41, 5.74) is 0. The number of terminal acetylenes is 1. The maximum atomic E-state index is 8.67. The van der Waals surface area contributed by atoms with Crippen molar-refractivity contribution in [3.05, 3.63) is 0 Å². The van der Waals surface area contributed by atoms with Gasteiger partial charge in [-0.05, 0) is 0 Å². The summed E-state index contributed by atoms with van der Waals surface area (Å²) in [5, 5.41) is 8.15. The van der Waals surface area contributed by atoms with Gasteiger partial charge in [0.2, 0.25) is 0 Å². The molecule has 0 amide bonds. The lowest BCUT2D eigenvalue weighted by Crippen LogP contribution is -2.19. The Morgan fingerprint density at radius 1 is 1.75 bits per heavy atom. The summed E-state index contributed by atoms with van der Waals surface area (Å²) in [4.78, 5) is 0. The van der Waals surface area contributed by atoms with Crippen molar-refractivity contribution < 1.29 is 5.11 Å². The molecule has 1 N–H and O–H groups in total. The minimum Gasteiger partial charge on any atom is -0.379 e. The first-order valence-corrected chi connectivity index (χ1v) is 3.03. The van der Waals surface area contributed by atoms with Crippen LogP contribution in [0.5, 0.6) is 0 Å². The maximum absolute atomic E-state index is 8.67. The van der Waals surface area contributed by atoms with E-state index in [9.17, 15) is 0 Å². The Bertz CT molecular complexity index is 97.1. The second kappa shape index (κ2) is 4.03. The number of aliphatic hydroxyl groups is 1. The SMILES string of the molecule is C#CC(O)C(Cl)CCl. The third-order valence-corrected chi connectivity index (χ3v) is 1.54. The zero-order valence-electron chi connectivity index (χ0n) is 4.14. The van der Waals surface area contributed by atoms with Crippen LogP contribution in [0.15, 0.2) is 0 Å². The normalized spacial score (nSPS) is 16.8. The lowest BCUT2D eigenvalue weighted by molar-refractivity contribution is 0.233. The standard InChI is InChI=1S/C5H6Cl2O/c1-2-5(8)4(7)3-6/h1,4-5,8H,3H2. The fraction of sp³-hybridized carbons (Fsp3) is 0.600. The second-order valence-corrected chi connectivity index (χ2v) is 2.15. The van der Waals surface area contributed by atoms with Gasteiger partial charge >= 0.3 is 0 Å². The quantitative estimate of drug-likeness (QED) is 0.460. The topological polar surface area (TPSA) is 20.2 Å². The summed E-state index contributed by atoms with van der Waals surface area (Å²) in [6.45, 7) is 0. The Morgan fingerprint density at radius 2 is 2.25 bits per heavy atom. The zero-order chi connectivity index (χ0) is 6.57. The van der Waals surface area contributed by atoms with E-state index in [1.165, 1.54) is 0 Å². The molecule has 0 bridgehead atoms. The van der Waals surface area contributed by atoms with Crippen LogP contribution >= 0.6 is 23.2 Å². The number of hydrogen-bond acceptors (Lipinski definition) is 1. The molecule has 0 aromatic rings. The van der Waals surface area contributed by atoms with E-state index >= 15 is 0 Å². The van der Waals surface area contributed by atoms with Gasteiger partial charge in [0.05, 0.1) is 5.38 Å². The molecule has 0 aliphatic heterocycles. The van der Waals surface area contributed by atoms with Gasteiger partial charge in [0, 0.05) is 5.88 Å². The van der Waals surface area contributed by atoms with E-state index < -0.39 is 11.5 Å². The molecule has 0 radical (unpaired) electrons. The molecule has 2 atom stereocenters. The van der Waals surface area contributed by atoms with E-state index in [1.54, 1.807) is 0 Å². The molecule has 2 unspecified atom stereocenters. The van der Waals surface area contributed by atoms with Gasteiger partial charge in [-0.1, -0.05) is 5.92 Å². The molecular weight excluding hydrogens is 147 g/mol. The first-order chi connectivity index (χ1) is 3.72. The van der Waals surface area contributed by atoms with E-state index in [-0.39, 0.29) is 5.88 Å². The largest absolute Gasteiger partial charge is 0.379 e. The van der Waals surface area contributed by atoms with Gasteiger partial charge in [-0.3, -0.25) is 0 Å². The van der Waals surface area contributed by atoms with Crippen LogP contribution in [-0.4, -0.2) is 22.5 Å². The average Bonchev–Trinajstić information content (AvgIpc) is 1.84. The Labute approximate surface area is 58.6 Å². The van der Waals surface area contributed by atoms with Crippen LogP contribution in [0.1, 0.15) is 0 Å². The van der Waals surface area contributed by atoms with Crippen LogP contribution in [0.25, 0.3) is 0 Å². The van der Waals surface area contributed by atoms with Gasteiger partial charge in [-0.25, -0.2) is 0 Å². The lowest BCUT2D eigenvalue weighted by Gasteiger charge is -2.05. The number of hydrogen-bond donors (Lipinski definition) is 1. The highest BCUT2D eigenvalue weighted by Gasteiger charge is 2.10. The molecule has 1 nitrogen and oxygen atoms in total. The molecule has 0 saturated carbocycles. The first kappa shape index (κ1) is 8.10. The molecule has 0 aromatic heterocycles. The second-order valence-electron chi connectivity index (χ2n) is 1.28. The molecule has 0 saturated heterocycles. The Kier molecular flexibility index (Phi) is 4.08. The molecule has 0 rings (SSSR count). The molecule has 46 valence electrons. The van der Waals surface area contributed by atoms with Gasteiger partial charge in [-0.15, -0.1) is 29.6 Å². The van der Waals surface area contributed by atoms with Crippen molar-refractivity contribution in [1.82, 2.24) is 0 Å². The first-order valence-electron chi connectivity index (χ1n) is 2.06. The molecular formula is C5H6Cl2O. The fourth-order valence-electron chi connectivity index (χ4n) is 0.189. The molecule has 0 fully saturated rings. The zero-order valence-corrected chi connectivity index (χ0v) is 5.65. The molecule has 0 aliphatic rings. The van der Waals surface area contributed by atoms with E-state index in [1.807, 2.05) is 0 Å². The highest BCUT2D eigenvalue weighted by atomic mass is 35.5. The summed E-state index contributed by atoms with van der Waals surface area (Å²) in [5.74, 6) is 2.23. The molecule has 3 heteroatoms. The van der Waals surface area contributed by atoms with Gasteiger partial charge in [-0.2, -0.15) is 0 Å². The number of alkyl halides is 2. The van der Waals surface area contributed by atoms with Gasteiger partial charge in [0.15, 0.2) is 0 Å².